The Labute approximate surface area is 315 Å². The van der Waals surface area contributed by atoms with Gasteiger partial charge in [0.2, 0.25) is 5.91 Å². The molecule has 0 aliphatic carbocycles. The van der Waals surface area contributed by atoms with Crippen LogP contribution in [0.15, 0.2) is 42.0 Å². The van der Waals surface area contributed by atoms with Crippen molar-refractivity contribution in [3.05, 3.63) is 48.2 Å². The summed E-state index contributed by atoms with van der Waals surface area (Å²) in [6.07, 6.45) is 4.54. The van der Waals surface area contributed by atoms with Crippen LogP contribution in [0.2, 0.25) is 0 Å². The summed E-state index contributed by atoms with van der Waals surface area (Å²) < 4.78 is 28.8. The number of ketones is 1. The summed E-state index contributed by atoms with van der Waals surface area (Å²) in [5.74, 6) is -0.769. The predicted octanol–water partition coefficient (Wildman–Crippen LogP) is 3.34. The van der Waals surface area contributed by atoms with Gasteiger partial charge < -0.3 is 39.0 Å². The minimum absolute atomic E-state index is 0.0606. The number of benzene rings is 2. The third kappa shape index (κ3) is 9.67. The van der Waals surface area contributed by atoms with Crippen molar-refractivity contribution in [3.63, 3.8) is 0 Å². The number of carbonyl (C=O) groups is 4. The third-order valence-corrected chi connectivity index (χ3v) is 9.26. The first-order valence-electron chi connectivity index (χ1n) is 17.8. The normalized spacial score (nSPS) is 17.1. The number of ether oxygens (including phenoxy) is 5. The highest BCUT2D eigenvalue weighted by Crippen LogP contribution is 2.39. The van der Waals surface area contributed by atoms with Gasteiger partial charge in [-0.25, -0.2) is 0 Å². The average Bonchev–Trinajstić information content (AvgIpc) is 3.52. The van der Waals surface area contributed by atoms with Gasteiger partial charge in [0.1, 0.15) is 6.23 Å². The number of methoxy groups -OCH3 is 3. The van der Waals surface area contributed by atoms with Gasteiger partial charge in [0.25, 0.3) is 11.8 Å². The molecule has 2 heterocycles. The molecule has 2 aliphatic rings. The van der Waals surface area contributed by atoms with E-state index in [4.69, 9.17) is 23.7 Å². The number of hydrazine groups is 1. The molecule has 1 fully saturated rings. The van der Waals surface area contributed by atoms with Crippen LogP contribution in [0.1, 0.15) is 67.2 Å². The Morgan fingerprint density at radius 2 is 1.69 bits per heavy atom. The Kier molecular flexibility index (Phi) is 14.8. The molecule has 1 saturated heterocycles. The van der Waals surface area contributed by atoms with Crippen molar-refractivity contribution in [2.45, 2.75) is 64.8 Å². The maximum Gasteiger partial charge on any atom is 0.258 e. The quantitative estimate of drug-likeness (QED) is 0.0879. The van der Waals surface area contributed by atoms with Crippen molar-refractivity contribution >= 4 is 41.1 Å². The SMILES string of the molecule is C=CNC(=O)c1cc(OC)c(OCCCOc2cc3c(cc2OC)C(=O)N2C(OC)CC[C@H]2C=N3)cc1N(C)NC(=O)[C@H](C)CC(=O)[C@@H](NCO)C(C)C. The fourth-order valence-electron chi connectivity index (χ4n) is 6.42. The van der Waals surface area contributed by atoms with Crippen LogP contribution < -0.4 is 40.0 Å². The lowest BCUT2D eigenvalue weighted by Gasteiger charge is -2.26. The van der Waals surface area contributed by atoms with Gasteiger partial charge >= 0.3 is 0 Å². The van der Waals surface area contributed by atoms with Crippen LogP contribution in [-0.2, 0) is 14.3 Å². The van der Waals surface area contributed by atoms with E-state index in [0.29, 0.717) is 34.9 Å². The number of Topliss-reactive ketones (excluding diaryl/α,β-unsaturated/α-hetero) is 1. The van der Waals surface area contributed by atoms with Crippen LogP contribution in [-0.4, -0.2) is 106 Å². The number of aliphatic hydroxyl groups excluding tert-OH is 1. The molecule has 16 nitrogen and oxygen atoms in total. The van der Waals surface area contributed by atoms with E-state index in [2.05, 4.69) is 27.6 Å². The van der Waals surface area contributed by atoms with Gasteiger partial charge in [-0.3, -0.25) is 39.9 Å². The zero-order valence-corrected chi connectivity index (χ0v) is 32.0. The van der Waals surface area contributed by atoms with E-state index in [1.165, 1.54) is 31.5 Å². The van der Waals surface area contributed by atoms with Crippen LogP contribution in [0, 0.1) is 11.8 Å². The Bertz CT molecular complexity index is 1720. The molecule has 2 aromatic carbocycles. The zero-order valence-electron chi connectivity index (χ0n) is 32.0. The first-order valence-corrected chi connectivity index (χ1v) is 17.8. The average molecular weight is 753 g/mol. The van der Waals surface area contributed by atoms with E-state index < -0.39 is 23.8 Å². The molecule has 2 aromatic rings. The molecule has 0 bridgehead atoms. The van der Waals surface area contributed by atoms with E-state index in [0.717, 1.165) is 12.8 Å². The lowest BCUT2D eigenvalue weighted by atomic mass is 9.93. The molecular formula is C38H52N6O10. The summed E-state index contributed by atoms with van der Waals surface area (Å²) in [5.41, 5.74) is 4.08. The molecule has 4 rings (SSSR count). The molecular weight excluding hydrogens is 700 g/mol. The Balaban J connectivity index is 1.44. The molecule has 2 aliphatic heterocycles. The number of nitrogens with one attached hydrogen (secondary N) is 3. The Morgan fingerprint density at radius 1 is 1.02 bits per heavy atom. The van der Waals surface area contributed by atoms with E-state index >= 15 is 0 Å². The smallest absolute Gasteiger partial charge is 0.258 e. The number of fused-ring (bicyclic) bond motifs is 2. The largest absolute Gasteiger partial charge is 0.493 e. The van der Waals surface area contributed by atoms with Gasteiger partial charge in [0.15, 0.2) is 28.8 Å². The monoisotopic (exact) mass is 752 g/mol. The van der Waals surface area contributed by atoms with E-state index in [-0.39, 0.29) is 73.2 Å². The molecule has 4 N–H and O–H groups in total. The summed E-state index contributed by atoms with van der Waals surface area (Å²) in [6, 6.07) is 5.62. The summed E-state index contributed by atoms with van der Waals surface area (Å²) in [5, 5.41) is 16.0. The number of rotatable bonds is 20. The molecule has 3 amide bonds. The van der Waals surface area contributed by atoms with Crippen LogP contribution in [0.5, 0.6) is 23.0 Å². The van der Waals surface area contributed by atoms with Crippen molar-refractivity contribution in [2.24, 2.45) is 16.8 Å². The third-order valence-electron chi connectivity index (χ3n) is 9.26. The summed E-state index contributed by atoms with van der Waals surface area (Å²) in [7, 11) is 6.09. The minimum atomic E-state index is -0.716. The van der Waals surface area contributed by atoms with Crippen LogP contribution in [0.25, 0.3) is 0 Å². The standard InChI is InChI=1S/C38H52N6O10/c1-9-39-37(48)26-17-31(51-7)33(19-28(26)43(5)42-36(47)23(4)15-29(46)35(22(2)3)41-21-45)54-14-10-13-53-32-18-27-25(16-30(32)50-6)38(49)44-24(20-40-27)11-12-34(44)52-8/h9,16-20,22-24,34-35,41,45H,1,10-15,21H2,2-8H3,(H,39,48)(H,42,47)/t23-,24+,34?,35+/m1/s1. The number of hydrogen-bond acceptors (Lipinski definition) is 13. The van der Waals surface area contributed by atoms with Crippen LogP contribution in [0.4, 0.5) is 11.4 Å². The van der Waals surface area contributed by atoms with E-state index in [1.807, 2.05) is 13.8 Å². The van der Waals surface area contributed by atoms with Crippen molar-refractivity contribution in [1.82, 2.24) is 21.0 Å². The second-order valence-corrected chi connectivity index (χ2v) is 13.3. The Morgan fingerprint density at radius 3 is 2.30 bits per heavy atom. The van der Waals surface area contributed by atoms with Gasteiger partial charge in [0, 0.05) is 51.3 Å². The molecule has 16 heteroatoms. The van der Waals surface area contributed by atoms with Gasteiger partial charge in [-0.15, -0.1) is 0 Å². The highest BCUT2D eigenvalue weighted by molar-refractivity contribution is 6.04. The molecule has 4 atom stereocenters. The lowest BCUT2D eigenvalue weighted by Crippen LogP contribution is -2.46. The maximum atomic E-state index is 13.5. The van der Waals surface area contributed by atoms with Crippen molar-refractivity contribution in [3.8, 4) is 23.0 Å². The van der Waals surface area contributed by atoms with Gasteiger partial charge in [0.05, 0.1) is 68.7 Å². The van der Waals surface area contributed by atoms with Gasteiger partial charge in [-0.2, -0.15) is 0 Å². The first-order chi connectivity index (χ1) is 25.9. The number of hydrogen-bond donors (Lipinski definition) is 4. The number of carbonyl (C=O) groups excluding carboxylic acids is 4. The minimum Gasteiger partial charge on any atom is -0.493 e. The van der Waals surface area contributed by atoms with Crippen LogP contribution >= 0.6 is 0 Å². The van der Waals surface area contributed by atoms with Gasteiger partial charge in [-0.1, -0.05) is 27.4 Å². The first kappa shape index (κ1) is 41.6. The second kappa shape index (κ2) is 19.2. The number of aliphatic imine (C=N–C) groups is 1. The topological polar surface area (TPSA) is 190 Å². The molecule has 1 unspecified atom stereocenters. The van der Waals surface area contributed by atoms with E-state index in [9.17, 15) is 24.3 Å². The summed E-state index contributed by atoms with van der Waals surface area (Å²) in [6.45, 7) is 8.93. The van der Waals surface area contributed by atoms with Gasteiger partial charge in [-0.05, 0) is 37.1 Å². The number of amides is 3. The highest BCUT2D eigenvalue weighted by atomic mass is 16.5. The van der Waals surface area contributed by atoms with Crippen molar-refractivity contribution in [2.75, 3.05) is 53.3 Å². The van der Waals surface area contributed by atoms with Crippen LogP contribution in [0.3, 0.4) is 0 Å². The fraction of sp³-hybridized carbons (Fsp3) is 0.500. The zero-order chi connectivity index (χ0) is 39.5. The second-order valence-electron chi connectivity index (χ2n) is 13.3. The lowest BCUT2D eigenvalue weighted by molar-refractivity contribution is -0.130. The molecule has 0 saturated carbocycles. The molecule has 0 spiro atoms. The molecule has 294 valence electrons. The number of anilines is 1. The van der Waals surface area contributed by atoms with Crippen molar-refractivity contribution < 1.29 is 48.0 Å². The number of aliphatic hydroxyl groups is 1. The summed E-state index contributed by atoms with van der Waals surface area (Å²) in [4.78, 5) is 58.9. The molecule has 0 aromatic heterocycles. The number of nitrogens with zero attached hydrogens (tertiary/aromatic N) is 3. The van der Waals surface area contributed by atoms with E-state index in [1.54, 1.807) is 50.4 Å². The fourth-order valence-corrected chi connectivity index (χ4v) is 6.42. The predicted molar refractivity (Wildman–Crippen MR) is 202 cm³/mol. The molecule has 0 radical (unpaired) electrons. The maximum absolute atomic E-state index is 13.5. The molecule has 54 heavy (non-hydrogen) atoms. The van der Waals surface area contributed by atoms with Crippen molar-refractivity contribution in [1.29, 1.82) is 0 Å². The highest BCUT2D eigenvalue weighted by Gasteiger charge is 2.39. The summed E-state index contributed by atoms with van der Waals surface area (Å²) >= 11 is 0. The Hall–Kier alpha value is -5.19.